The molecule has 0 radical (unpaired) electrons. The normalized spacial score (nSPS) is 32.9. The lowest BCUT2D eigenvalue weighted by atomic mass is 9.44. The topological polar surface area (TPSA) is 266 Å². The van der Waals surface area contributed by atoms with E-state index in [-0.39, 0.29) is 61.5 Å². The molecule has 2 bridgehead atoms. The minimum Gasteiger partial charge on any atom is -0.456 e. The maximum Gasteiger partial charge on any atom is 0.509 e. The molecule has 2 aliphatic heterocycles. The van der Waals surface area contributed by atoms with Gasteiger partial charge in [-0.3, -0.25) is 9.59 Å². The summed E-state index contributed by atoms with van der Waals surface area (Å²) in [6.45, 7) is 8.14. The van der Waals surface area contributed by atoms with Crippen LogP contribution in [0.4, 0.5) is 9.59 Å². The van der Waals surface area contributed by atoms with Crippen LogP contribution in [0, 0.1) is 22.7 Å². The zero-order chi connectivity index (χ0) is 47.9. The van der Waals surface area contributed by atoms with E-state index in [1.807, 2.05) is 0 Å². The molecule has 19 nitrogen and oxygen atoms in total. The second-order valence-corrected chi connectivity index (χ2v) is 18.2. The van der Waals surface area contributed by atoms with Crippen molar-refractivity contribution in [2.75, 3.05) is 26.4 Å². The molecule has 3 unspecified atom stereocenters. The first-order valence-electron chi connectivity index (χ1n) is 21.8. The van der Waals surface area contributed by atoms with Crippen LogP contribution in [-0.4, -0.2) is 138 Å². The molecule has 5 aliphatic rings. The Balaban J connectivity index is 1.34. The number of alkyl carbamates (subject to hydrolysis) is 1. The van der Waals surface area contributed by atoms with Gasteiger partial charge in [0.2, 0.25) is 0 Å². The average molecular weight is 922 g/mol. The van der Waals surface area contributed by atoms with Crippen LogP contribution in [0.2, 0.25) is 0 Å². The van der Waals surface area contributed by atoms with Crippen LogP contribution >= 0.6 is 0 Å². The molecule has 0 spiro atoms. The van der Waals surface area contributed by atoms with Crippen molar-refractivity contribution in [1.82, 2.24) is 5.32 Å². The van der Waals surface area contributed by atoms with Gasteiger partial charge in [0.25, 0.3) is 0 Å². The molecule has 19 heteroatoms. The van der Waals surface area contributed by atoms with Crippen molar-refractivity contribution >= 4 is 41.9 Å². The molecular weight excluding hydrogens is 867 g/mol. The number of ether oxygens (including phenoxy) is 8. The highest BCUT2D eigenvalue weighted by Crippen LogP contribution is 2.64. The van der Waals surface area contributed by atoms with Gasteiger partial charge in [-0.1, -0.05) is 50.2 Å². The summed E-state index contributed by atoms with van der Waals surface area (Å²) in [5, 5.41) is 40.0. The third-order valence-electron chi connectivity index (χ3n) is 14.2. The highest BCUT2D eigenvalue weighted by molar-refractivity contribution is 5.97. The fourth-order valence-corrected chi connectivity index (χ4v) is 10.6. The predicted octanol–water partition coefficient (Wildman–Crippen LogP) is 3.15. The first kappa shape index (κ1) is 48.2. The number of carbonyl (C=O) groups is 7. The van der Waals surface area contributed by atoms with Gasteiger partial charge in [-0.05, 0) is 62.6 Å². The Labute approximate surface area is 380 Å². The van der Waals surface area contributed by atoms with Crippen LogP contribution in [-0.2, 0) is 52.3 Å². The molecule has 1 amide bonds. The third kappa shape index (κ3) is 8.35. The molecule has 66 heavy (non-hydrogen) atoms. The average Bonchev–Trinajstić information content (AvgIpc) is 3.82. The van der Waals surface area contributed by atoms with Gasteiger partial charge in [-0.15, -0.1) is 0 Å². The van der Waals surface area contributed by atoms with Gasteiger partial charge in [0.1, 0.15) is 23.9 Å². The number of benzene rings is 2. The van der Waals surface area contributed by atoms with Gasteiger partial charge in [0.05, 0.1) is 54.4 Å². The van der Waals surface area contributed by atoms with Crippen LogP contribution in [0.1, 0.15) is 81.5 Å². The summed E-state index contributed by atoms with van der Waals surface area (Å²) >= 11 is 0. The molecule has 0 aromatic heterocycles. The van der Waals surface area contributed by atoms with Crippen molar-refractivity contribution in [1.29, 1.82) is 0 Å². The summed E-state index contributed by atoms with van der Waals surface area (Å²) in [5.41, 5.74) is -8.15. The number of carbonyl (C=O) groups excluding carboxylic acids is 7. The van der Waals surface area contributed by atoms with Crippen molar-refractivity contribution in [2.24, 2.45) is 22.7 Å². The number of nitrogens with one attached hydrogen (secondary N) is 1. The van der Waals surface area contributed by atoms with Gasteiger partial charge in [-0.25, -0.2) is 24.0 Å². The molecule has 2 aromatic rings. The zero-order valence-electron chi connectivity index (χ0n) is 37.4. The number of hydrogen-bond acceptors (Lipinski definition) is 18. The van der Waals surface area contributed by atoms with Crippen molar-refractivity contribution in [2.45, 2.75) is 115 Å². The van der Waals surface area contributed by atoms with Crippen LogP contribution in [0.5, 0.6) is 0 Å². The number of aliphatic hydroxyl groups excluding tert-OH is 2. The molecule has 2 saturated heterocycles. The zero-order valence-corrected chi connectivity index (χ0v) is 37.4. The maximum absolute atomic E-state index is 15.6. The van der Waals surface area contributed by atoms with Crippen LogP contribution in [0.25, 0.3) is 0 Å². The first-order valence-corrected chi connectivity index (χ1v) is 21.8. The van der Waals surface area contributed by atoms with Crippen molar-refractivity contribution in [3.63, 3.8) is 0 Å². The van der Waals surface area contributed by atoms with E-state index in [2.05, 4.69) is 5.32 Å². The minimum atomic E-state index is -2.48. The Hall–Kier alpha value is -5.73. The quantitative estimate of drug-likeness (QED) is 0.109. The lowest BCUT2D eigenvalue weighted by Crippen LogP contribution is -2.82. The number of aliphatic hydroxyl groups is 3. The van der Waals surface area contributed by atoms with Crippen LogP contribution in [0.3, 0.4) is 0 Å². The van der Waals surface area contributed by atoms with Crippen molar-refractivity contribution in [3.05, 3.63) is 82.9 Å². The lowest BCUT2D eigenvalue weighted by molar-refractivity contribution is -0.346. The largest absolute Gasteiger partial charge is 0.509 e. The van der Waals surface area contributed by atoms with E-state index < -0.39 is 125 Å². The monoisotopic (exact) mass is 921 g/mol. The molecule has 2 heterocycles. The predicted molar refractivity (Wildman–Crippen MR) is 224 cm³/mol. The smallest absolute Gasteiger partial charge is 0.456 e. The molecule has 7 rings (SSSR count). The molecule has 4 N–H and O–H groups in total. The fraction of sp³-hybridized carbons (Fsp3) is 0.553. The molecule has 2 saturated carbocycles. The van der Waals surface area contributed by atoms with Gasteiger partial charge < -0.3 is 58.5 Å². The van der Waals surface area contributed by atoms with E-state index in [1.54, 1.807) is 36.4 Å². The van der Waals surface area contributed by atoms with Gasteiger partial charge in [-0.2, -0.15) is 0 Å². The molecule has 3 aliphatic carbocycles. The summed E-state index contributed by atoms with van der Waals surface area (Å²) < 4.78 is 45.8. The number of fused-ring (bicyclic) bond motifs is 5. The summed E-state index contributed by atoms with van der Waals surface area (Å²) in [6.07, 6.45) is -13.5. The minimum absolute atomic E-state index is 0.00732. The molecule has 12 atom stereocenters. The fourth-order valence-electron chi connectivity index (χ4n) is 10.6. The molecule has 356 valence electrons. The number of esters is 4. The second kappa shape index (κ2) is 18.5. The second-order valence-electron chi connectivity index (χ2n) is 18.2. The van der Waals surface area contributed by atoms with Gasteiger partial charge in [0, 0.05) is 37.7 Å². The summed E-state index contributed by atoms with van der Waals surface area (Å²) in [5.74, 6) is -7.39. The summed E-state index contributed by atoms with van der Waals surface area (Å²) in [7, 11) is 0. The maximum atomic E-state index is 15.6. The highest BCUT2D eigenvalue weighted by Gasteiger charge is 2.78. The van der Waals surface area contributed by atoms with E-state index in [0.29, 0.717) is 0 Å². The SMILES string of the molecule is CCOC(=O)O[C@H]1C(=O)[C@@]2(C)C(C(OC(=O)c3ccccc3)[C@]3(O)C[C@H](OC(=O)[C@H](O)[C@@H](NC(=O)OC(=O)c4ccccc4)C4CCOC4)C(C)=C1C3(C)C)[C@]1(OC(C)=O)CO[C@@H]1C[C@@H]2O. The van der Waals surface area contributed by atoms with Gasteiger partial charge in [0.15, 0.2) is 23.6 Å². The van der Waals surface area contributed by atoms with E-state index in [9.17, 15) is 44.1 Å². The Morgan fingerprint density at radius 3 is 2.12 bits per heavy atom. The summed E-state index contributed by atoms with van der Waals surface area (Å²) in [4.78, 5) is 96.5. The van der Waals surface area contributed by atoms with E-state index >= 15 is 4.79 Å². The van der Waals surface area contributed by atoms with E-state index in [1.165, 1.54) is 58.9 Å². The Morgan fingerprint density at radius 1 is 0.924 bits per heavy atom. The third-order valence-corrected chi connectivity index (χ3v) is 14.2. The number of amides is 1. The summed E-state index contributed by atoms with van der Waals surface area (Å²) in [6, 6.07) is 13.9. The highest BCUT2D eigenvalue weighted by atomic mass is 16.7. The Bertz CT molecular complexity index is 2260. The first-order chi connectivity index (χ1) is 31.2. The van der Waals surface area contributed by atoms with E-state index in [0.717, 1.165) is 6.92 Å². The number of Topliss-reactive ketones (excluding diaryl/α,β-unsaturated/α-hetero) is 1. The lowest BCUT2D eigenvalue weighted by Gasteiger charge is -2.67. The standard InChI is InChI=1S/C47H55NO18/c1-7-60-43(57)63-35-32-24(2)29(62-41(55)34(51)33(28-18-19-59-22-28)48-42(56)65-40(54)27-16-12-9-13-17-27)21-47(58,44(32,4)5)38(64-39(53)26-14-10-8-11-15-26)36-45(6,37(35)52)30(50)20-31-46(36,23-61-31)66-25(3)49/h8-17,28-31,33-36,38,50-51,58H,7,18-23H2,1-6H3,(H,48,56)/t28?,29-,30-,31+,33-,34+,35+,36?,38?,45+,46-,47+/m0/s1. The number of rotatable bonds is 11. The Morgan fingerprint density at radius 2 is 1.56 bits per heavy atom. The molecule has 2 aromatic carbocycles. The van der Waals surface area contributed by atoms with Gasteiger partial charge >= 0.3 is 36.1 Å². The van der Waals surface area contributed by atoms with Crippen molar-refractivity contribution in [3.8, 4) is 0 Å². The number of ketones is 1. The molecule has 4 fully saturated rings. The van der Waals surface area contributed by atoms with Crippen molar-refractivity contribution < 1.29 is 86.8 Å². The molecular formula is C47H55NO18. The van der Waals surface area contributed by atoms with E-state index in [4.69, 9.17) is 37.9 Å². The Kier molecular flexibility index (Phi) is 13.5. The van der Waals surface area contributed by atoms with Crippen LogP contribution < -0.4 is 5.32 Å². The number of hydrogen-bond donors (Lipinski definition) is 4. The van der Waals surface area contributed by atoms with Crippen LogP contribution in [0.15, 0.2) is 71.8 Å².